The Bertz CT molecular complexity index is 560. The topological polar surface area (TPSA) is 59.0 Å². The Morgan fingerprint density at radius 2 is 1.71 bits per heavy atom. The second-order valence-corrected chi connectivity index (χ2v) is 10.8. The average Bonchev–Trinajstić information content (AvgIpc) is 2.88. The lowest BCUT2D eigenvalue weighted by Crippen LogP contribution is -2.58. The van der Waals surface area contributed by atoms with Crippen molar-refractivity contribution in [2.24, 2.45) is 11.8 Å². The third kappa shape index (κ3) is 5.80. The third-order valence-corrected chi connectivity index (χ3v) is 5.93. The Hall–Kier alpha value is -0.910. The summed E-state index contributed by atoms with van der Waals surface area (Å²) in [6.07, 6.45) is 8.18. The highest BCUT2D eigenvalue weighted by molar-refractivity contribution is 5.74. The van der Waals surface area contributed by atoms with E-state index in [0.717, 1.165) is 19.3 Å². The van der Waals surface area contributed by atoms with Crippen molar-refractivity contribution in [3.63, 3.8) is 0 Å². The third-order valence-electron chi connectivity index (χ3n) is 5.93. The smallest absolute Gasteiger partial charge is 0.312 e. The van der Waals surface area contributed by atoms with E-state index in [-0.39, 0.29) is 29.1 Å². The van der Waals surface area contributed by atoms with Crippen LogP contribution in [-0.4, -0.2) is 45.0 Å². The molecule has 1 N–H and O–H groups in total. The van der Waals surface area contributed by atoms with Crippen LogP contribution in [0.15, 0.2) is 12.2 Å². The van der Waals surface area contributed by atoms with E-state index in [1.165, 1.54) is 6.42 Å². The second-order valence-electron chi connectivity index (χ2n) is 10.8. The molecule has 5 nitrogen and oxygen atoms in total. The number of hydrogen-bond donors (Lipinski definition) is 1. The lowest BCUT2D eigenvalue weighted by molar-refractivity contribution is -0.293. The standard InChI is InChI=1S/C23H41NO4/c1-16(28-24-22(5,6)14-9-15-23(24,7)8)10-11-17-12-13-18(25)19(17)20(26)27-21(2,3)4/h10-11,16-19,25H,9,12-15H2,1-8H3/t16-,17-,18-,19+/m1/s1. The lowest BCUT2D eigenvalue weighted by Gasteiger charge is -2.52. The summed E-state index contributed by atoms with van der Waals surface area (Å²) in [4.78, 5) is 18.9. The van der Waals surface area contributed by atoms with Gasteiger partial charge in [0.05, 0.1) is 18.1 Å². The molecule has 2 aliphatic rings. The highest BCUT2D eigenvalue weighted by Crippen LogP contribution is 2.39. The number of carbonyl (C=O) groups is 1. The minimum atomic E-state index is -0.638. The van der Waals surface area contributed by atoms with E-state index in [1.807, 2.05) is 39.8 Å². The van der Waals surface area contributed by atoms with Crippen LogP contribution in [0.5, 0.6) is 0 Å². The molecule has 4 atom stereocenters. The number of hydrogen-bond acceptors (Lipinski definition) is 5. The average molecular weight is 396 g/mol. The fourth-order valence-electron chi connectivity index (χ4n) is 4.69. The van der Waals surface area contributed by atoms with Crippen LogP contribution in [-0.2, 0) is 14.4 Å². The first kappa shape index (κ1) is 23.4. The molecule has 0 radical (unpaired) electrons. The summed E-state index contributed by atoms with van der Waals surface area (Å²) in [6, 6.07) is 0. The number of nitrogens with zero attached hydrogens (tertiary/aromatic N) is 1. The maximum Gasteiger partial charge on any atom is 0.312 e. The molecule has 0 aromatic carbocycles. The Balaban J connectivity index is 2.04. The number of esters is 1. The van der Waals surface area contributed by atoms with Crippen LogP contribution >= 0.6 is 0 Å². The summed E-state index contributed by atoms with van der Waals surface area (Å²) >= 11 is 0. The molecule has 1 heterocycles. The molecule has 1 aliphatic heterocycles. The number of piperidine rings is 1. The van der Waals surface area contributed by atoms with Crippen LogP contribution in [0.25, 0.3) is 0 Å². The van der Waals surface area contributed by atoms with E-state index in [9.17, 15) is 9.90 Å². The van der Waals surface area contributed by atoms with Crippen LogP contribution in [0.2, 0.25) is 0 Å². The van der Waals surface area contributed by atoms with Gasteiger partial charge >= 0.3 is 5.97 Å². The van der Waals surface area contributed by atoms with E-state index in [4.69, 9.17) is 9.57 Å². The number of hydroxylamine groups is 2. The van der Waals surface area contributed by atoms with Gasteiger partial charge in [0, 0.05) is 11.1 Å². The summed E-state index contributed by atoms with van der Waals surface area (Å²) in [6.45, 7) is 16.5. The Morgan fingerprint density at radius 1 is 1.14 bits per heavy atom. The van der Waals surface area contributed by atoms with Crippen molar-refractivity contribution in [1.29, 1.82) is 0 Å². The minimum Gasteiger partial charge on any atom is -0.460 e. The summed E-state index contributed by atoms with van der Waals surface area (Å²) in [5, 5.41) is 12.5. The molecule has 1 aliphatic carbocycles. The highest BCUT2D eigenvalue weighted by Gasteiger charge is 2.44. The molecule has 28 heavy (non-hydrogen) atoms. The van der Waals surface area contributed by atoms with Gasteiger partial charge in [-0.1, -0.05) is 12.2 Å². The van der Waals surface area contributed by atoms with Crippen molar-refractivity contribution >= 4 is 5.97 Å². The molecule has 2 rings (SSSR count). The number of carbonyl (C=O) groups excluding carboxylic acids is 1. The molecular formula is C23H41NO4. The highest BCUT2D eigenvalue weighted by atomic mass is 16.7. The molecule has 0 amide bonds. The van der Waals surface area contributed by atoms with Gasteiger partial charge in [-0.05, 0) is 93.4 Å². The van der Waals surface area contributed by atoms with Gasteiger partial charge in [-0.15, -0.1) is 0 Å². The van der Waals surface area contributed by atoms with Crippen LogP contribution in [0.3, 0.4) is 0 Å². The quantitative estimate of drug-likeness (QED) is 0.543. The van der Waals surface area contributed by atoms with E-state index in [2.05, 4.69) is 32.8 Å². The molecule has 0 aromatic rings. The van der Waals surface area contributed by atoms with Crippen molar-refractivity contribution in [3.8, 4) is 0 Å². The van der Waals surface area contributed by atoms with Gasteiger partial charge in [0.1, 0.15) is 5.60 Å². The lowest BCUT2D eigenvalue weighted by atomic mass is 9.82. The van der Waals surface area contributed by atoms with Crippen molar-refractivity contribution in [2.45, 2.75) is 116 Å². The van der Waals surface area contributed by atoms with Gasteiger partial charge < -0.3 is 9.84 Å². The van der Waals surface area contributed by atoms with E-state index in [0.29, 0.717) is 6.42 Å². The van der Waals surface area contributed by atoms with E-state index < -0.39 is 17.6 Å². The SMILES string of the molecule is C[C@H](C=C[C@@H]1CC[C@@H](O)[C@H]1C(=O)OC(C)(C)C)ON1C(C)(C)CCCC1(C)C. The minimum absolute atomic E-state index is 0.00749. The van der Waals surface area contributed by atoms with Crippen LogP contribution in [0, 0.1) is 11.8 Å². The maximum absolute atomic E-state index is 12.6. The van der Waals surface area contributed by atoms with Crippen molar-refractivity contribution in [1.82, 2.24) is 5.06 Å². The number of aliphatic hydroxyl groups is 1. The molecule has 162 valence electrons. The van der Waals surface area contributed by atoms with Gasteiger partial charge in [-0.2, -0.15) is 5.06 Å². The molecule has 0 unspecified atom stereocenters. The molecule has 5 heteroatoms. The van der Waals surface area contributed by atoms with Crippen LogP contribution in [0.1, 0.15) is 87.5 Å². The van der Waals surface area contributed by atoms with Crippen molar-refractivity contribution in [3.05, 3.63) is 12.2 Å². The zero-order valence-electron chi connectivity index (χ0n) is 19.1. The number of aliphatic hydroxyl groups excluding tert-OH is 1. The van der Waals surface area contributed by atoms with Gasteiger partial charge in [-0.3, -0.25) is 9.63 Å². The van der Waals surface area contributed by atoms with E-state index >= 15 is 0 Å². The molecule has 1 saturated heterocycles. The summed E-state index contributed by atoms with van der Waals surface area (Å²) in [5.74, 6) is -0.817. The van der Waals surface area contributed by atoms with E-state index in [1.54, 1.807) is 0 Å². The Labute approximate surface area is 171 Å². The van der Waals surface area contributed by atoms with Crippen LogP contribution in [0.4, 0.5) is 0 Å². The first-order valence-electron chi connectivity index (χ1n) is 10.8. The monoisotopic (exact) mass is 395 g/mol. The van der Waals surface area contributed by atoms with Gasteiger partial charge in [-0.25, -0.2) is 0 Å². The van der Waals surface area contributed by atoms with Crippen molar-refractivity contribution < 1.29 is 19.5 Å². The largest absolute Gasteiger partial charge is 0.460 e. The van der Waals surface area contributed by atoms with Crippen molar-refractivity contribution in [2.75, 3.05) is 0 Å². The molecule has 1 saturated carbocycles. The molecule has 0 bridgehead atoms. The zero-order valence-corrected chi connectivity index (χ0v) is 19.1. The molecular weight excluding hydrogens is 354 g/mol. The van der Waals surface area contributed by atoms with Gasteiger partial charge in [0.15, 0.2) is 0 Å². The normalized spacial score (nSPS) is 31.8. The number of allylic oxidation sites excluding steroid dienone is 1. The summed E-state index contributed by atoms with van der Waals surface area (Å²) in [7, 11) is 0. The Morgan fingerprint density at radius 3 is 2.25 bits per heavy atom. The number of ether oxygens (including phenoxy) is 1. The predicted octanol–water partition coefficient (Wildman–Crippen LogP) is 4.63. The fraction of sp³-hybridized carbons (Fsp3) is 0.870. The summed E-state index contributed by atoms with van der Waals surface area (Å²) < 4.78 is 5.53. The second kappa shape index (κ2) is 8.45. The Kier molecular flexibility index (Phi) is 7.05. The molecule has 2 fully saturated rings. The first-order chi connectivity index (χ1) is 12.7. The zero-order chi connectivity index (χ0) is 21.3. The summed E-state index contributed by atoms with van der Waals surface area (Å²) in [5.41, 5.74) is -0.561. The van der Waals surface area contributed by atoms with Gasteiger partial charge in [0.25, 0.3) is 0 Å². The fourth-order valence-corrected chi connectivity index (χ4v) is 4.69. The van der Waals surface area contributed by atoms with Crippen LogP contribution < -0.4 is 0 Å². The number of rotatable bonds is 5. The molecule has 0 spiro atoms. The first-order valence-corrected chi connectivity index (χ1v) is 10.8. The van der Waals surface area contributed by atoms with Gasteiger partial charge in [0.2, 0.25) is 0 Å². The predicted molar refractivity (Wildman–Crippen MR) is 112 cm³/mol. The maximum atomic E-state index is 12.6. The molecule has 0 aromatic heterocycles.